The zero-order valence-corrected chi connectivity index (χ0v) is 12.4. The molecule has 1 aliphatic carbocycles. The smallest absolute Gasteiger partial charge is 0.254 e. The molecular formula is C17H21NO3. The molecule has 2 heterocycles. The van der Waals surface area contributed by atoms with Crippen LogP contribution in [0.4, 0.5) is 0 Å². The highest BCUT2D eigenvalue weighted by atomic mass is 16.5. The molecule has 2 atom stereocenters. The van der Waals surface area contributed by atoms with Gasteiger partial charge in [-0.2, -0.15) is 0 Å². The molecule has 112 valence electrons. The van der Waals surface area contributed by atoms with Gasteiger partial charge in [0.1, 0.15) is 11.4 Å². The van der Waals surface area contributed by atoms with Crippen LogP contribution < -0.4 is 4.74 Å². The summed E-state index contributed by atoms with van der Waals surface area (Å²) >= 11 is 0. The van der Waals surface area contributed by atoms with Crippen molar-refractivity contribution in [2.45, 2.75) is 37.3 Å². The second kappa shape index (κ2) is 4.73. The Morgan fingerprint density at radius 1 is 1.43 bits per heavy atom. The number of ether oxygens (including phenoxy) is 2. The summed E-state index contributed by atoms with van der Waals surface area (Å²) in [6.07, 6.45) is 4.70. The van der Waals surface area contributed by atoms with E-state index in [4.69, 9.17) is 9.47 Å². The number of hydrogen-bond donors (Lipinski definition) is 0. The average Bonchev–Trinajstić information content (AvgIpc) is 3.18. The van der Waals surface area contributed by atoms with Crippen molar-refractivity contribution in [3.63, 3.8) is 0 Å². The van der Waals surface area contributed by atoms with Crippen LogP contribution in [0.5, 0.6) is 5.75 Å². The number of benzene rings is 1. The lowest BCUT2D eigenvalue weighted by molar-refractivity contribution is -0.149. The van der Waals surface area contributed by atoms with Crippen molar-refractivity contribution < 1.29 is 14.3 Å². The number of nitrogens with zero attached hydrogens (tertiary/aromatic N) is 1. The molecule has 2 saturated heterocycles. The van der Waals surface area contributed by atoms with Crippen molar-refractivity contribution in [1.82, 2.24) is 4.90 Å². The van der Waals surface area contributed by atoms with Crippen molar-refractivity contribution in [1.29, 1.82) is 0 Å². The third-order valence-electron chi connectivity index (χ3n) is 5.09. The topological polar surface area (TPSA) is 38.8 Å². The Morgan fingerprint density at radius 3 is 2.95 bits per heavy atom. The summed E-state index contributed by atoms with van der Waals surface area (Å²) in [7, 11) is 1.63. The minimum atomic E-state index is -0.0321. The number of amides is 1. The van der Waals surface area contributed by atoms with Crippen molar-refractivity contribution in [2.24, 2.45) is 5.92 Å². The van der Waals surface area contributed by atoms with Gasteiger partial charge in [0, 0.05) is 12.2 Å². The highest BCUT2D eigenvalue weighted by Gasteiger charge is 2.61. The van der Waals surface area contributed by atoms with Gasteiger partial charge in [-0.05, 0) is 49.8 Å². The van der Waals surface area contributed by atoms with Crippen LogP contribution in [0.15, 0.2) is 24.3 Å². The summed E-state index contributed by atoms with van der Waals surface area (Å²) in [5.41, 5.74) is 0.684. The van der Waals surface area contributed by atoms with E-state index in [0.717, 1.165) is 31.7 Å². The highest BCUT2D eigenvalue weighted by molar-refractivity contribution is 5.95. The quantitative estimate of drug-likeness (QED) is 0.857. The van der Waals surface area contributed by atoms with Gasteiger partial charge < -0.3 is 14.4 Å². The Kier molecular flexibility index (Phi) is 2.96. The molecule has 1 spiro atoms. The van der Waals surface area contributed by atoms with Crippen molar-refractivity contribution >= 4 is 5.91 Å². The molecule has 3 fully saturated rings. The maximum Gasteiger partial charge on any atom is 0.254 e. The third kappa shape index (κ3) is 2.04. The third-order valence-corrected chi connectivity index (χ3v) is 5.09. The van der Waals surface area contributed by atoms with Crippen molar-refractivity contribution in [3.05, 3.63) is 29.8 Å². The van der Waals surface area contributed by atoms with Crippen LogP contribution in [-0.2, 0) is 4.74 Å². The first-order valence-electron chi connectivity index (χ1n) is 7.82. The minimum Gasteiger partial charge on any atom is -0.497 e. The molecule has 1 aromatic carbocycles. The Labute approximate surface area is 125 Å². The van der Waals surface area contributed by atoms with Crippen LogP contribution >= 0.6 is 0 Å². The standard InChI is InChI=1S/C17H21NO3/c1-20-14-5-2-4-13(10-14)16(19)18-11-17(8-3-9-21-17)15(18)12-6-7-12/h2,4-5,10,12,15H,3,6-9,11H2,1H3/t15-,17+/m0/s1. The molecular weight excluding hydrogens is 266 g/mol. The van der Waals surface area contributed by atoms with Crippen molar-refractivity contribution in [2.75, 3.05) is 20.3 Å². The zero-order chi connectivity index (χ0) is 14.4. The van der Waals surface area contributed by atoms with Crippen LogP contribution in [0.1, 0.15) is 36.0 Å². The summed E-state index contributed by atoms with van der Waals surface area (Å²) < 4.78 is 11.3. The van der Waals surface area contributed by atoms with E-state index in [1.54, 1.807) is 7.11 Å². The molecule has 4 nitrogen and oxygen atoms in total. The summed E-state index contributed by atoms with van der Waals surface area (Å²) in [4.78, 5) is 14.8. The molecule has 0 aromatic heterocycles. The first kappa shape index (κ1) is 13.1. The Balaban J connectivity index is 1.57. The largest absolute Gasteiger partial charge is 0.497 e. The number of rotatable bonds is 3. The van der Waals surface area contributed by atoms with E-state index < -0.39 is 0 Å². The Bertz CT molecular complexity index is 561. The van der Waals surface area contributed by atoms with Gasteiger partial charge in [0.25, 0.3) is 5.91 Å². The lowest BCUT2D eigenvalue weighted by Crippen LogP contribution is -2.71. The fraction of sp³-hybridized carbons (Fsp3) is 0.588. The first-order valence-corrected chi connectivity index (χ1v) is 7.82. The van der Waals surface area contributed by atoms with Gasteiger partial charge in [0.15, 0.2) is 0 Å². The zero-order valence-electron chi connectivity index (χ0n) is 12.4. The van der Waals surface area contributed by atoms with Gasteiger partial charge in [-0.15, -0.1) is 0 Å². The predicted molar refractivity (Wildman–Crippen MR) is 78.5 cm³/mol. The van der Waals surface area contributed by atoms with Crippen molar-refractivity contribution in [3.8, 4) is 5.75 Å². The van der Waals surface area contributed by atoms with E-state index in [0.29, 0.717) is 17.5 Å². The number of hydrogen-bond acceptors (Lipinski definition) is 3. The van der Waals surface area contributed by atoms with Crippen LogP contribution in [0.3, 0.4) is 0 Å². The fourth-order valence-electron chi connectivity index (χ4n) is 3.94. The van der Waals surface area contributed by atoms with Gasteiger partial charge >= 0.3 is 0 Å². The van der Waals surface area contributed by atoms with E-state index in [9.17, 15) is 4.79 Å². The maximum absolute atomic E-state index is 12.8. The number of likely N-dealkylation sites (tertiary alicyclic amines) is 1. The van der Waals surface area contributed by atoms with E-state index in [1.165, 1.54) is 12.8 Å². The second-order valence-corrected chi connectivity index (χ2v) is 6.46. The van der Waals surface area contributed by atoms with E-state index in [2.05, 4.69) is 0 Å². The molecule has 4 rings (SSSR count). The Morgan fingerprint density at radius 2 is 2.29 bits per heavy atom. The molecule has 3 aliphatic rings. The average molecular weight is 287 g/mol. The molecule has 0 radical (unpaired) electrons. The molecule has 1 saturated carbocycles. The lowest BCUT2D eigenvalue weighted by atomic mass is 9.77. The van der Waals surface area contributed by atoms with Gasteiger partial charge in [-0.25, -0.2) is 0 Å². The van der Waals surface area contributed by atoms with E-state index in [-0.39, 0.29) is 11.5 Å². The fourth-order valence-corrected chi connectivity index (χ4v) is 3.94. The van der Waals surface area contributed by atoms with Gasteiger partial charge in [0.05, 0.1) is 19.7 Å². The Hall–Kier alpha value is -1.55. The van der Waals surface area contributed by atoms with Gasteiger partial charge in [0.2, 0.25) is 0 Å². The molecule has 0 bridgehead atoms. The van der Waals surface area contributed by atoms with Gasteiger partial charge in [-0.1, -0.05) is 6.07 Å². The molecule has 1 amide bonds. The number of carbonyl (C=O) groups excluding carboxylic acids is 1. The molecule has 2 aliphatic heterocycles. The normalized spacial score (nSPS) is 31.3. The van der Waals surface area contributed by atoms with Crippen LogP contribution in [0.2, 0.25) is 0 Å². The monoisotopic (exact) mass is 287 g/mol. The number of carbonyl (C=O) groups is 1. The SMILES string of the molecule is COc1cccc(C(=O)N2C[C@]3(CCCO3)[C@@H]2C2CC2)c1. The molecule has 1 aromatic rings. The first-order chi connectivity index (χ1) is 10.2. The summed E-state index contributed by atoms with van der Waals surface area (Å²) in [5, 5.41) is 0. The molecule has 4 heteroatoms. The molecule has 0 unspecified atom stereocenters. The van der Waals surface area contributed by atoms with Gasteiger partial charge in [-0.3, -0.25) is 4.79 Å². The lowest BCUT2D eigenvalue weighted by Gasteiger charge is -2.55. The second-order valence-electron chi connectivity index (χ2n) is 6.46. The van der Waals surface area contributed by atoms with E-state index in [1.807, 2.05) is 29.2 Å². The summed E-state index contributed by atoms with van der Waals surface area (Å²) in [6, 6.07) is 7.73. The summed E-state index contributed by atoms with van der Waals surface area (Å²) in [5.74, 6) is 1.49. The highest BCUT2D eigenvalue weighted by Crippen LogP contribution is 2.51. The minimum absolute atomic E-state index is 0.0321. The molecule has 0 N–H and O–H groups in total. The van der Waals surface area contributed by atoms with E-state index >= 15 is 0 Å². The van der Waals surface area contributed by atoms with Crippen LogP contribution in [0.25, 0.3) is 0 Å². The summed E-state index contributed by atoms with van der Waals surface area (Å²) in [6.45, 7) is 1.61. The maximum atomic E-state index is 12.8. The number of methoxy groups -OCH3 is 1. The van der Waals surface area contributed by atoms with Crippen LogP contribution in [0, 0.1) is 5.92 Å². The predicted octanol–water partition coefficient (Wildman–Crippen LogP) is 2.48. The molecule has 21 heavy (non-hydrogen) atoms. The van der Waals surface area contributed by atoms with Crippen LogP contribution in [-0.4, -0.2) is 42.7 Å².